The molecule has 1 heterocycles. The van der Waals surface area contributed by atoms with E-state index in [-0.39, 0.29) is 0 Å². The van der Waals surface area contributed by atoms with Gasteiger partial charge in [-0.2, -0.15) is 0 Å². The van der Waals surface area contributed by atoms with E-state index in [1.807, 2.05) is 31.2 Å². The summed E-state index contributed by atoms with van der Waals surface area (Å²) in [5.41, 5.74) is 2.08. The Labute approximate surface area is 114 Å². The van der Waals surface area contributed by atoms with Crippen molar-refractivity contribution in [2.75, 3.05) is 0 Å². The first-order valence-electron chi connectivity index (χ1n) is 5.13. The van der Waals surface area contributed by atoms with E-state index in [0.29, 0.717) is 11.6 Å². The van der Waals surface area contributed by atoms with E-state index in [0.717, 1.165) is 21.3 Å². The van der Waals surface area contributed by atoms with Crippen LogP contribution in [0.1, 0.15) is 11.1 Å². The number of aryl methyl sites for hydroxylation is 1. The predicted octanol–water partition coefficient (Wildman–Crippen LogP) is 4.38. The number of nitrogens with zero attached hydrogens (tertiary/aromatic N) is 1. The number of ether oxygens (including phenoxy) is 1. The highest BCUT2D eigenvalue weighted by Crippen LogP contribution is 2.23. The van der Waals surface area contributed by atoms with E-state index < -0.39 is 0 Å². The molecule has 0 aliphatic carbocycles. The number of rotatable bonds is 3. The molecule has 0 atom stereocenters. The summed E-state index contributed by atoms with van der Waals surface area (Å²) in [5, 5.41) is 0.679. The van der Waals surface area contributed by atoms with Crippen molar-refractivity contribution in [2.45, 2.75) is 13.5 Å². The van der Waals surface area contributed by atoms with Gasteiger partial charge in [-0.25, -0.2) is 0 Å². The summed E-state index contributed by atoms with van der Waals surface area (Å²) in [4.78, 5) is 4.08. The van der Waals surface area contributed by atoms with Crippen molar-refractivity contribution < 1.29 is 4.74 Å². The van der Waals surface area contributed by atoms with Gasteiger partial charge >= 0.3 is 0 Å². The van der Waals surface area contributed by atoms with Crippen LogP contribution in [0.15, 0.2) is 41.1 Å². The minimum absolute atomic E-state index is 0.480. The molecule has 0 N–H and O–H groups in total. The SMILES string of the molecule is Cc1ccc(Cl)cc1OCc1cncc(Br)c1. The van der Waals surface area contributed by atoms with Crippen molar-refractivity contribution in [1.82, 2.24) is 4.98 Å². The minimum Gasteiger partial charge on any atom is -0.489 e. The summed E-state index contributed by atoms with van der Waals surface area (Å²) in [5.74, 6) is 0.803. The minimum atomic E-state index is 0.480. The normalized spacial score (nSPS) is 10.3. The average Bonchev–Trinajstić information content (AvgIpc) is 2.30. The number of aromatic nitrogens is 1. The Hall–Kier alpha value is -1.06. The lowest BCUT2D eigenvalue weighted by molar-refractivity contribution is 0.303. The summed E-state index contributed by atoms with van der Waals surface area (Å²) in [6, 6.07) is 7.59. The molecule has 0 amide bonds. The van der Waals surface area contributed by atoms with E-state index in [9.17, 15) is 0 Å². The maximum Gasteiger partial charge on any atom is 0.124 e. The monoisotopic (exact) mass is 311 g/mol. The standard InChI is InChI=1S/C13H11BrClNO/c1-9-2-3-12(15)5-13(9)17-8-10-4-11(14)7-16-6-10/h2-7H,8H2,1H3. The van der Waals surface area contributed by atoms with Gasteiger partial charge in [-0.05, 0) is 46.6 Å². The van der Waals surface area contributed by atoms with E-state index in [1.54, 1.807) is 12.4 Å². The fourth-order valence-corrected chi connectivity index (χ4v) is 2.00. The molecule has 0 saturated carbocycles. The summed E-state index contributed by atoms with van der Waals surface area (Å²) in [6.07, 6.45) is 3.53. The molecule has 2 aromatic rings. The van der Waals surface area contributed by atoms with Gasteiger partial charge in [0.1, 0.15) is 12.4 Å². The van der Waals surface area contributed by atoms with Crippen LogP contribution < -0.4 is 4.74 Å². The second kappa shape index (κ2) is 5.52. The summed E-state index contributed by atoms with van der Waals surface area (Å²) in [6.45, 7) is 2.47. The molecule has 17 heavy (non-hydrogen) atoms. The van der Waals surface area contributed by atoms with Crippen molar-refractivity contribution in [3.63, 3.8) is 0 Å². The van der Waals surface area contributed by atoms with E-state index >= 15 is 0 Å². The van der Waals surface area contributed by atoms with Gasteiger partial charge in [-0.3, -0.25) is 4.98 Å². The number of halogens is 2. The third-order valence-corrected chi connectivity index (χ3v) is 2.97. The van der Waals surface area contributed by atoms with Gasteiger partial charge < -0.3 is 4.74 Å². The van der Waals surface area contributed by atoms with Gasteiger partial charge in [-0.15, -0.1) is 0 Å². The van der Waals surface area contributed by atoms with Crippen LogP contribution >= 0.6 is 27.5 Å². The van der Waals surface area contributed by atoms with Crippen LogP contribution in [-0.4, -0.2) is 4.98 Å². The van der Waals surface area contributed by atoms with Crippen LogP contribution in [0, 0.1) is 6.92 Å². The number of hydrogen-bond donors (Lipinski definition) is 0. The third kappa shape index (κ3) is 3.45. The molecule has 0 saturated heterocycles. The van der Waals surface area contributed by atoms with Gasteiger partial charge in [0.2, 0.25) is 0 Å². The number of benzene rings is 1. The van der Waals surface area contributed by atoms with Crippen molar-refractivity contribution in [1.29, 1.82) is 0 Å². The zero-order valence-corrected chi connectivity index (χ0v) is 11.6. The molecule has 2 rings (SSSR count). The Kier molecular flexibility index (Phi) is 4.02. The second-order valence-electron chi connectivity index (χ2n) is 3.71. The quantitative estimate of drug-likeness (QED) is 0.839. The van der Waals surface area contributed by atoms with Crippen LogP contribution in [0.2, 0.25) is 5.02 Å². The predicted molar refractivity (Wildman–Crippen MR) is 72.5 cm³/mol. The van der Waals surface area contributed by atoms with E-state index in [2.05, 4.69) is 20.9 Å². The summed E-state index contributed by atoms with van der Waals surface area (Å²) >= 11 is 9.30. The van der Waals surface area contributed by atoms with Crippen LogP contribution in [0.4, 0.5) is 0 Å². The maximum atomic E-state index is 5.92. The van der Waals surface area contributed by atoms with Crippen LogP contribution in [-0.2, 0) is 6.61 Å². The molecular formula is C13H11BrClNO. The molecular weight excluding hydrogens is 302 g/mol. The van der Waals surface area contributed by atoms with Gasteiger partial charge in [0.15, 0.2) is 0 Å². The molecule has 0 aliphatic rings. The first-order valence-corrected chi connectivity index (χ1v) is 6.30. The Morgan fingerprint density at radius 3 is 2.88 bits per heavy atom. The van der Waals surface area contributed by atoms with Gasteiger partial charge in [0, 0.05) is 27.5 Å². The lowest BCUT2D eigenvalue weighted by Crippen LogP contribution is -1.97. The third-order valence-electron chi connectivity index (χ3n) is 2.31. The molecule has 4 heteroatoms. The zero-order valence-electron chi connectivity index (χ0n) is 9.28. The highest BCUT2D eigenvalue weighted by atomic mass is 79.9. The first-order chi connectivity index (χ1) is 8.15. The smallest absolute Gasteiger partial charge is 0.124 e. The largest absolute Gasteiger partial charge is 0.489 e. The van der Waals surface area contributed by atoms with Crippen molar-refractivity contribution >= 4 is 27.5 Å². The molecule has 0 radical (unpaired) electrons. The molecule has 0 spiro atoms. The van der Waals surface area contributed by atoms with E-state index in [1.165, 1.54) is 0 Å². The molecule has 0 aliphatic heterocycles. The first kappa shape index (κ1) is 12.4. The van der Waals surface area contributed by atoms with Crippen LogP contribution in [0.5, 0.6) is 5.75 Å². The van der Waals surface area contributed by atoms with Crippen LogP contribution in [0.25, 0.3) is 0 Å². The van der Waals surface area contributed by atoms with Crippen molar-refractivity contribution in [3.8, 4) is 5.75 Å². The lowest BCUT2D eigenvalue weighted by Gasteiger charge is -2.09. The van der Waals surface area contributed by atoms with Crippen molar-refractivity contribution in [2.24, 2.45) is 0 Å². The molecule has 0 bridgehead atoms. The van der Waals surface area contributed by atoms with Gasteiger partial charge in [0.25, 0.3) is 0 Å². The molecule has 88 valence electrons. The Bertz CT molecular complexity index is 531. The van der Waals surface area contributed by atoms with Crippen LogP contribution in [0.3, 0.4) is 0 Å². The average molecular weight is 313 g/mol. The molecule has 0 fully saturated rings. The number of hydrogen-bond acceptors (Lipinski definition) is 2. The van der Waals surface area contributed by atoms with Gasteiger partial charge in [0.05, 0.1) is 0 Å². The Morgan fingerprint density at radius 2 is 2.12 bits per heavy atom. The second-order valence-corrected chi connectivity index (χ2v) is 5.06. The highest BCUT2D eigenvalue weighted by Gasteiger charge is 2.02. The topological polar surface area (TPSA) is 22.1 Å². The van der Waals surface area contributed by atoms with Gasteiger partial charge in [-0.1, -0.05) is 17.7 Å². The number of pyridine rings is 1. The Morgan fingerprint density at radius 1 is 1.29 bits per heavy atom. The zero-order chi connectivity index (χ0) is 12.3. The molecule has 1 aromatic carbocycles. The fourth-order valence-electron chi connectivity index (χ4n) is 1.43. The molecule has 2 nitrogen and oxygen atoms in total. The maximum absolute atomic E-state index is 5.92. The Balaban J connectivity index is 2.09. The molecule has 0 unspecified atom stereocenters. The highest BCUT2D eigenvalue weighted by molar-refractivity contribution is 9.10. The lowest BCUT2D eigenvalue weighted by atomic mass is 10.2. The summed E-state index contributed by atoms with van der Waals surface area (Å²) < 4.78 is 6.66. The summed E-state index contributed by atoms with van der Waals surface area (Å²) in [7, 11) is 0. The van der Waals surface area contributed by atoms with E-state index in [4.69, 9.17) is 16.3 Å². The molecule has 1 aromatic heterocycles. The van der Waals surface area contributed by atoms with Crippen molar-refractivity contribution in [3.05, 3.63) is 57.3 Å². The fraction of sp³-hybridized carbons (Fsp3) is 0.154.